The van der Waals surface area contributed by atoms with Gasteiger partial charge in [0, 0.05) is 0 Å². The first-order valence-corrected chi connectivity index (χ1v) is 13.9. The molecule has 2 N–H and O–H groups in total. The van der Waals surface area contributed by atoms with E-state index in [1.54, 1.807) is 0 Å². The maximum Gasteiger partial charge on any atom is 0.335 e. The summed E-state index contributed by atoms with van der Waals surface area (Å²) in [6, 6.07) is 0. The highest BCUT2D eigenvalue weighted by Gasteiger charge is 2.33. The molecule has 6 nitrogen and oxygen atoms in total. The van der Waals surface area contributed by atoms with Gasteiger partial charge in [-0.25, -0.2) is 9.59 Å². The van der Waals surface area contributed by atoms with Gasteiger partial charge in [0.2, 0.25) is 0 Å². The molecule has 6 heteroatoms. The molecule has 204 valence electrons. The van der Waals surface area contributed by atoms with Gasteiger partial charge in [0.25, 0.3) is 0 Å². The number of aliphatic hydroxyl groups excluding tert-OH is 2. The first-order chi connectivity index (χ1) is 17.4. The number of carbonyl (C=O) groups excluding carboxylic acids is 2. The summed E-state index contributed by atoms with van der Waals surface area (Å²) < 4.78 is 10.6. The van der Waals surface area contributed by atoms with Gasteiger partial charge in [-0.1, -0.05) is 38.2 Å². The van der Waals surface area contributed by atoms with Crippen molar-refractivity contribution in [1.82, 2.24) is 0 Å². The van der Waals surface area contributed by atoms with Gasteiger partial charge in [-0.2, -0.15) is 0 Å². The van der Waals surface area contributed by atoms with Crippen molar-refractivity contribution in [1.29, 1.82) is 0 Å². The molecule has 2 rings (SSSR count). The lowest BCUT2D eigenvalue weighted by Crippen LogP contribution is -2.29. The van der Waals surface area contributed by atoms with E-state index in [-0.39, 0.29) is 30.3 Å². The van der Waals surface area contributed by atoms with Crippen molar-refractivity contribution in [2.45, 2.75) is 84.0 Å². The lowest BCUT2D eigenvalue weighted by atomic mass is 9.66. The highest BCUT2D eigenvalue weighted by molar-refractivity contribution is 5.88. The fraction of sp³-hybridized carbons (Fsp3) is 0.733. The molecular formula is C30H48O6. The molecule has 0 aromatic rings. The van der Waals surface area contributed by atoms with Crippen LogP contribution in [0.1, 0.15) is 84.0 Å². The molecule has 0 radical (unpaired) electrons. The zero-order valence-corrected chi connectivity index (χ0v) is 22.3. The molecule has 2 saturated carbocycles. The Labute approximate surface area is 217 Å². The molecule has 2 aliphatic rings. The average molecular weight is 505 g/mol. The van der Waals surface area contributed by atoms with E-state index >= 15 is 0 Å². The molecule has 0 atom stereocenters. The van der Waals surface area contributed by atoms with Crippen LogP contribution in [0.4, 0.5) is 0 Å². The zero-order valence-electron chi connectivity index (χ0n) is 22.3. The van der Waals surface area contributed by atoms with Crippen LogP contribution >= 0.6 is 0 Å². The Hall–Kier alpha value is -1.92. The summed E-state index contributed by atoms with van der Waals surface area (Å²) in [5.74, 6) is 2.23. The Bertz CT molecular complexity index is 692. The van der Waals surface area contributed by atoms with E-state index in [0.717, 1.165) is 30.6 Å². The van der Waals surface area contributed by atoms with Gasteiger partial charge in [-0.3, -0.25) is 0 Å². The molecule has 0 heterocycles. The topological polar surface area (TPSA) is 93.1 Å². The van der Waals surface area contributed by atoms with Crippen LogP contribution in [0.3, 0.4) is 0 Å². The Morgan fingerprint density at radius 2 is 1.31 bits per heavy atom. The molecule has 0 unspecified atom stereocenters. The van der Waals surface area contributed by atoms with Crippen molar-refractivity contribution in [3.05, 3.63) is 36.5 Å². The second-order valence-corrected chi connectivity index (χ2v) is 10.7. The lowest BCUT2D eigenvalue weighted by molar-refractivity contribution is -0.140. The van der Waals surface area contributed by atoms with Crippen molar-refractivity contribution in [3.8, 4) is 0 Å². The van der Waals surface area contributed by atoms with Crippen LogP contribution in [0.5, 0.6) is 0 Å². The summed E-state index contributed by atoms with van der Waals surface area (Å²) in [7, 11) is 0. The van der Waals surface area contributed by atoms with Crippen molar-refractivity contribution < 1.29 is 29.3 Å². The molecule has 0 aromatic carbocycles. The van der Waals surface area contributed by atoms with Crippen LogP contribution in [-0.4, -0.2) is 48.6 Å². The predicted octanol–water partition coefficient (Wildman–Crippen LogP) is 5.54. The molecule has 0 aromatic heterocycles. The van der Waals surface area contributed by atoms with Gasteiger partial charge in [0.1, 0.15) is 0 Å². The third kappa shape index (κ3) is 10.2. The highest BCUT2D eigenvalue weighted by atomic mass is 16.5. The summed E-state index contributed by atoms with van der Waals surface area (Å²) in [6.07, 6.45) is 18.7. The van der Waals surface area contributed by atoms with Crippen LogP contribution in [0.25, 0.3) is 0 Å². The minimum absolute atomic E-state index is 0.0556. The maximum absolute atomic E-state index is 11.9. The van der Waals surface area contributed by atoms with E-state index in [9.17, 15) is 9.59 Å². The first-order valence-electron chi connectivity index (χ1n) is 13.9. The summed E-state index contributed by atoms with van der Waals surface area (Å²) in [5, 5.41) is 18.1. The number of allylic oxidation sites excluding steroid dienone is 2. The van der Waals surface area contributed by atoms with E-state index in [2.05, 4.69) is 32.2 Å². The fourth-order valence-electron chi connectivity index (χ4n) is 6.09. The van der Waals surface area contributed by atoms with E-state index < -0.39 is 25.2 Å². The lowest BCUT2D eigenvalue weighted by Gasteiger charge is -2.40. The van der Waals surface area contributed by atoms with Crippen LogP contribution in [-0.2, 0) is 19.1 Å². The highest BCUT2D eigenvalue weighted by Crippen LogP contribution is 2.44. The van der Waals surface area contributed by atoms with Crippen molar-refractivity contribution in [3.63, 3.8) is 0 Å². The third-order valence-electron chi connectivity index (χ3n) is 8.42. The summed E-state index contributed by atoms with van der Waals surface area (Å²) in [5.41, 5.74) is 0.111. The van der Waals surface area contributed by atoms with Crippen LogP contribution in [0.2, 0.25) is 0 Å². The number of ether oxygens (including phenoxy) is 2. The number of carbonyl (C=O) groups is 2. The number of aliphatic hydroxyl groups is 2. The first kappa shape index (κ1) is 30.3. The Kier molecular flexibility index (Phi) is 14.1. The predicted molar refractivity (Wildman–Crippen MR) is 142 cm³/mol. The van der Waals surface area contributed by atoms with Gasteiger partial charge in [-0.05, 0) is 101 Å². The standard InChI is InChI=1S/C30H48O6/c1-4-5-6-7-24-8-10-25(11-9-24)26-12-14-27(15-13-26)28(16-18-35-29(33)22(2)20-31)17-19-36-30(34)23(3)21-32/h4-5,24-28,31-32H,2-3,6-21H2,1H3/b5-4+. The molecule has 0 aliphatic heterocycles. The molecular weight excluding hydrogens is 456 g/mol. The summed E-state index contributed by atoms with van der Waals surface area (Å²) in [6.45, 7) is 8.84. The molecule has 0 saturated heterocycles. The number of esters is 2. The van der Waals surface area contributed by atoms with Gasteiger partial charge in [-0.15, -0.1) is 0 Å². The summed E-state index contributed by atoms with van der Waals surface area (Å²) in [4.78, 5) is 23.7. The Morgan fingerprint density at radius 1 is 0.833 bits per heavy atom. The third-order valence-corrected chi connectivity index (χ3v) is 8.42. The maximum atomic E-state index is 11.9. The quantitative estimate of drug-likeness (QED) is 0.173. The fourth-order valence-corrected chi connectivity index (χ4v) is 6.09. The van der Waals surface area contributed by atoms with Crippen molar-refractivity contribution in [2.24, 2.45) is 29.6 Å². The minimum atomic E-state index is -0.563. The molecule has 36 heavy (non-hydrogen) atoms. The second kappa shape index (κ2) is 16.8. The number of hydrogen-bond acceptors (Lipinski definition) is 6. The number of hydrogen-bond donors (Lipinski definition) is 2. The monoisotopic (exact) mass is 504 g/mol. The minimum Gasteiger partial charge on any atom is -0.462 e. The van der Waals surface area contributed by atoms with Crippen molar-refractivity contribution in [2.75, 3.05) is 26.4 Å². The van der Waals surface area contributed by atoms with E-state index in [4.69, 9.17) is 19.7 Å². The van der Waals surface area contributed by atoms with Gasteiger partial charge in [0.15, 0.2) is 0 Å². The average Bonchev–Trinajstić information content (AvgIpc) is 2.91. The van der Waals surface area contributed by atoms with E-state index in [1.165, 1.54) is 51.4 Å². The van der Waals surface area contributed by atoms with Crippen LogP contribution < -0.4 is 0 Å². The Balaban J connectivity index is 1.82. The molecule has 0 bridgehead atoms. The van der Waals surface area contributed by atoms with E-state index in [0.29, 0.717) is 18.8 Å². The SMILES string of the molecule is C=C(CO)C(=O)OCCC(CCOC(=O)C(=C)CO)C1CCC(C2CCC(CC/C=C/C)CC2)CC1. The smallest absolute Gasteiger partial charge is 0.335 e. The van der Waals surface area contributed by atoms with Gasteiger partial charge in [0.05, 0.1) is 37.6 Å². The van der Waals surface area contributed by atoms with E-state index in [1.807, 2.05) is 0 Å². The molecule has 0 spiro atoms. The van der Waals surface area contributed by atoms with Crippen LogP contribution in [0, 0.1) is 29.6 Å². The molecule has 2 aliphatic carbocycles. The summed E-state index contributed by atoms with van der Waals surface area (Å²) >= 11 is 0. The Morgan fingerprint density at radius 3 is 1.75 bits per heavy atom. The van der Waals surface area contributed by atoms with Gasteiger partial charge < -0.3 is 19.7 Å². The number of rotatable bonds is 15. The van der Waals surface area contributed by atoms with Gasteiger partial charge >= 0.3 is 11.9 Å². The normalized spacial score (nSPS) is 24.6. The zero-order chi connectivity index (χ0) is 26.3. The van der Waals surface area contributed by atoms with Crippen molar-refractivity contribution >= 4 is 11.9 Å². The second-order valence-electron chi connectivity index (χ2n) is 10.7. The molecule has 2 fully saturated rings. The molecule has 0 amide bonds. The van der Waals surface area contributed by atoms with Crippen LogP contribution in [0.15, 0.2) is 36.5 Å². The largest absolute Gasteiger partial charge is 0.462 e.